The molecule has 1 fully saturated rings. The zero-order valence-electron chi connectivity index (χ0n) is 12.9. The fraction of sp³-hybridized carbons (Fsp3) is 0.158. The molecule has 0 N–H and O–H groups in total. The molecule has 1 heterocycles. The van der Waals surface area contributed by atoms with Gasteiger partial charge in [0, 0.05) is 11.1 Å². The number of rotatable bonds is 4. The van der Waals surface area contributed by atoms with E-state index in [1.165, 1.54) is 11.0 Å². The average molecular weight is 342 g/mol. The summed E-state index contributed by atoms with van der Waals surface area (Å²) in [6, 6.07) is 16.5. The molecule has 2 aromatic carbocycles. The predicted molar refractivity (Wildman–Crippen MR) is 92.6 cm³/mol. The van der Waals surface area contributed by atoms with E-state index in [1.54, 1.807) is 30.3 Å². The summed E-state index contributed by atoms with van der Waals surface area (Å²) in [6.45, 7) is 0.217. The van der Waals surface area contributed by atoms with Crippen LogP contribution in [0.3, 0.4) is 0 Å². The minimum atomic E-state index is -0.596. The standard InChI is InChI=1S/C19H16ClNO3/c20-16-9-6-14(7-10-16)8-11-18(22)21-17(13-24-19(21)23)12-15-4-2-1-3-5-15/h1-11,17H,12-13H2/b11-8+/t17-/m1/s1. The van der Waals surface area contributed by atoms with Crippen LogP contribution in [0.15, 0.2) is 60.7 Å². The van der Waals surface area contributed by atoms with Crippen molar-refractivity contribution in [2.24, 2.45) is 0 Å². The quantitative estimate of drug-likeness (QED) is 0.791. The topological polar surface area (TPSA) is 46.6 Å². The van der Waals surface area contributed by atoms with Crippen molar-refractivity contribution in [3.05, 3.63) is 76.8 Å². The van der Waals surface area contributed by atoms with E-state index in [0.717, 1.165) is 11.1 Å². The van der Waals surface area contributed by atoms with Gasteiger partial charge in [-0.15, -0.1) is 0 Å². The van der Waals surface area contributed by atoms with E-state index in [4.69, 9.17) is 16.3 Å². The highest BCUT2D eigenvalue weighted by molar-refractivity contribution is 6.30. The van der Waals surface area contributed by atoms with Gasteiger partial charge in [-0.25, -0.2) is 9.69 Å². The first kappa shape index (κ1) is 16.3. The van der Waals surface area contributed by atoms with Gasteiger partial charge in [0.15, 0.2) is 0 Å². The molecule has 2 aromatic rings. The minimum Gasteiger partial charge on any atom is -0.447 e. The van der Waals surface area contributed by atoms with Gasteiger partial charge in [-0.3, -0.25) is 4.79 Å². The van der Waals surface area contributed by atoms with E-state index in [0.29, 0.717) is 11.4 Å². The Balaban J connectivity index is 1.71. The van der Waals surface area contributed by atoms with E-state index in [2.05, 4.69) is 0 Å². The van der Waals surface area contributed by atoms with Crippen molar-refractivity contribution in [2.75, 3.05) is 6.61 Å². The molecule has 1 atom stereocenters. The summed E-state index contributed by atoms with van der Waals surface area (Å²) in [4.78, 5) is 25.5. The van der Waals surface area contributed by atoms with Crippen molar-refractivity contribution in [3.63, 3.8) is 0 Å². The fourth-order valence-electron chi connectivity index (χ4n) is 2.59. The zero-order valence-corrected chi connectivity index (χ0v) is 13.6. The molecule has 0 aromatic heterocycles. The summed E-state index contributed by atoms with van der Waals surface area (Å²) < 4.78 is 5.05. The first-order chi connectivity index (χ1) is 11.6. The van der Waals surface area contributed by atoms with Crippen LogP contribution in [-0.4, -0.2) is 29.5 Å². The molecule has 0 unspecified atom stereocenters. The molecule has 5 heteroatoms. The largest absolute Gasteiger partial charge is 0.447 e. The van der Waals surface area contributed by atoms with Gasteiger partial charge in [0.05, 0.1) is 6.04 Å². The lowest BCUT2D eigenvalue weighted by Gasteiger charge is -2.18. The van der Waals surface area contributed by atoms with Gasteiger partial charge in [0.2, 0.25) is 0 Å². The average Bonchev–Trinajstić information content (AvgIpc) is 2.95. The highest BCUT2D eigenvalue weighted by Gasteiger charge is 2.36. The number of halogens is 1. The summed E-state index contributed by atoms with van der Waals surface area (Å²) in [5.74, 6) is -0.381. The zero-order chi connectivity index (χ0) is 16.9. The van der Waals surface area contributed by atoms with E-state index >= 15 is 0 Å². The van der Waals surface area contributed by atoms with Crippen LogP contribution in [-0.2, 0) is 16.0 Å². The molecule has 3 rings (SSSR count). The van der Waals surface area contributed by atoms with Crippen LogP contribution < -0.4 is 0 Å². The first-order valence-electron chi connectivity index (χ1n) is 7.61. The van der Waals surface area contributed by atoms with Crippen LogP contribution in [0.25, 0.3) is 6.08 Å². The number of amides is 2. The molecule has 24 heavy (non-hydrogen) atoms. The molecule has 2 amide bonds. The monoisotopic (exact) mass is 341 g/mol. The number of carbonyl (C=O) groups is 2. The molecule has 0 saturated carbocycles. The third kappa shape index (κ3) is 3.84. The van der Waals surface area contributed by atoms with Gasteiger partial charge in [0.25, 0.3) is 5.91 Å². The summed E-state index contributed by atoms with van der Waals surface area (Å²) in [6.07, 6.45) is 3.02. The second-order valence-corrected chi connectivity index (χ2v) is 5.95. The Kier molecular flexibility index (Phi) is 4.96. The molecule has 0 spiro atoms. The van der Waals surface area contributed by atoms with Crippen LogP contribution in [0.1, 0.15) is 11.1 Å². The van der Waals surface area contributed by atoms with Gasteiger partial charge in [-0.05, 0) is 35.8 Å². The maximum absolute atomic E-state index is 12.4. The van der Waals surface area contributed by atoms with E-state index in [-0.39, 0.29) is 18.6 Å². The third-order valence-corrected chi connectivity index (χ3v) is 4.05. The molecular weight excluding hydrogens is 326 g/mol. The van der Waals surface area contributed by atoms with Gasteiger partial charge < -0.3 is 4.74 Å². The Morgan fingerprint density at radius 3 is 2.58 bits per heavy atom. The van der Waals surface area contributed by atoms with Crippen LogP contribution in [0.5, 0.6) is 0 Å². The number of benzene rings is 2. The van der Waals surface area contributed by atoms with Crippen LogP contribution in [0, 0.1) is 0 Å². The number of imide groups is 1. The predicted octanol–water partition coefficient (Wildman–Crippen LogP) is 3.94. The molecule has 1 aliphatic rings. The lowest BCUT2D eigenvalue weighted by Crippen LogP contribution is -2.39. The summed E-state index contributed by atoms with van der Waals surface area (Å²) in [7, 11) is 0. The van der Waals surface area contributed by atoms with E-state index in [1.807, 2.05) is 30.3 Å². The van der Waals surface area contributed by atoms with Crippen molar-refractivity contribution in [2.45, 2.75) is 12.5 Å². The number of carbonyl (C=O) groups excluding carboxylic acids is 2. The molecule has 0 bridgehead atoms. The maximum atomic E-state index is 12.4. The molecule has 0 radical (unpaired) electrons. The van der Waals surface area contributed by atoms with Gasteiger partial charge >= 0.3 is 6.09 Å². The summed E-state index contributed by atoms with van der Waals surface area (Å²) in [5, 5.41) is 0.629. The first-order valence-corrected chi connectivity index (χ1v) is 7.99. The number of hydrogen-bond donors (Lipinski definition) is 0. The fourth-order valence-corrected chi connectivity index (χ4v) is 2.71. The second-order valence-electron chi connectivity index (χ2n) is 5.51. The maximum Gasteiger partial charge on any atom is 0.417 e. The van der Waals surface area contributed by atoms with Gasteiger partial charge in [0.1, 0.15) is 6.61 Å². The molecule has 4 nitrogen and oxygen atoms in total. The van der Waals surface area contributed by atoms with E-state index in [9.17, 15) is 9.59 Å². The van der Waals surface area contributed by atoms with Crippen molar-refractivity contribution in [1.29, 1.82) is 0 Å². The lowest BCUT2D eigenvalue weighted by molar-refractivity contribution is -0.124. The Labute approximate surface area is 145 Å². The Morgan fingerprint density at radius 2 is 1.88 bits per heavy atom. The van der Waals surface area contributed by atoms with Crippen molar-refractivity contribution in [3.8, 4) is 0 Å². The molecular formula is C19H16ClNO3. The molecule has 1 aliphatic heterocycles. The number of hydrogen-bond acceptors (Lipinski definition) is 3. The SMILES string of the molecule is O=C(/C=C/c1ccc(Cl)cc1)N1C(=O)OC[C@H]1Cc1ccccc1. The molecule has 0 aliphatic carbocycles. The van der Waals surface area contributed by atoms with Gasteiger partial charge in [-0.1, -0.05) is 54.1 Å². The summed E-state index contributed by atoms with van der Waals surface area (Å²) >= 11 is 5.83. The number of cyclic esters (lactones) is 1. The van der Waals surface area contributed by atoms with Crippen LogP contribution >= 0.6 is 11.6 Å². The summed E-state index contributed by atoms with van der Waals surface area (Å²) in [5.41, 5.74) is 1.89. The van der Waals surface area contributed by atoms with Crippen LogP contribution in [0.4, 0.5) is 4.79 Å². The third-order valence-electron chi connectivity index (χ3n) is 3.80. The van der Waals surface area contributed by atoms with E-state index < -0.39 is 6.09 Å². The molecule has 122 valence electrons. The van der Waals surface area contributed by atoms with Crippen molar-refractivity contribution in [1.82, 2.24) is 4.90 Å². The van der Waals surface area contributed by atoms with Crippen LogP contribution in [0.2, 0.25) is 5.02 Å². The highest BCUT2D eigenvalue weighted by Crippen LogP contribution is 2.18. The number of nitrogens with zero attached hydrogens (tertiary/aromatic N) is 1. The smallest absolute Gasteiger partial charge is 0.417 e. The highest BCUT2D eigenvalue weighted by atomic mass is 35.5. The minimum absolute atomic E-state index is 0.217. The van der Waals surface area contributed by atoms with Crippen molar-refractivity contribution < 1.29 is 14.3 Å². The Bertz CT molecular complexity index is 756. The second kappa shape index (κ2) is 7.32. The molecule has 1 saturated heterocycles. The normalized spacial score (nSPS) is 17.3. The van der Waals surface area contributed by atoms with Gasteiger partial charge in [-0.2, -0.15) is 0 Å². The Hall–Kier alpha value is -2.59. The lowest BCUT2D eigenvalue weighted by atomic mass is 10.1. The Morgan fingerprint density at radius 1 is 1.17 bits per heavy atom. The number of ether oxygens (including phenoxy) is 1. The van der Waals surface area contributed by atoms with Crippen molar-refractivity contribution >= 4 is 29.7 Å².